The number of carbonyl (C=O) groups excluding carboxylic acids is 1. The third-order valence-electron chi connectivity index (χ3n) is 3.37. The third kappa shape index (κ3) is 4.79. The van der Waals surface area contributed by atoms with Crippen LogP contribution in [0.5, 0.6) is 0 Å². The van der Waals surface area contributed by atoms with Crippen molar-refractivity contribution >= 4 is 45.3 Å². The normalized spacial score (nSPS) is 11.6. The van der Waals surface area contributed by atoms with Crippen LogP contribution in [-0.2, 0) is 6.42 Å². The van der Waals surface area contributed by atoms with E-state index in [2.05, 4.69) is 36.2 Å². The lowest BCUT2D eigenvalue weighted by atomic mass is 10.1. The second-order valence-corrected chi connectivity index (χ2v) is 6.55. The molecule has 0 aliphatic heterocycles. The summed E-state index contributed by atoms with van der Waals surface area (Å²) in [6.07, 6.45) is 5.16. The highest BCUT2D eigenvalue weighted by Crippen LogP contribution is 2.24. The van der Waals surface area contributed by atoms with Crippen molar-refractivity contribution in [3.63, 3.8) is 0 Å². The minimum atomic E-state index is -0.330. The van der Waals surface area contributed by atoms with Crippen LogP contribution in [0.1, 0.15) is 36.8 Å². The average Bonchev–Trinajstić information content (AvgIpc) is 3.02. The molecule has 9 heteroatoms. The van der Waals surface area contributed by atoms with E-state index in [1.54, 1.807) is 6.20 Å². The van der Waals surface area contributed by atoms with Crippen LogP contribution in [0.15, 0.2) is 41.4 Å². The van der Waals surface area contributed by atoms with Gasteiger partial charge in [0.15, 0.2) is 18.0 Å². The number of aromatic nitrogens is 4. The highest BCUT2D eigenvalue weighted by molar-refractivity contribution is 9.10. The number of rotatable bonds is 5. The molecule has 3 aromatic rings. The highest BCUT2D eigenvalue weighted by atomic mass is 79.9. The van der Waals surface area contributed by atoms with Gasteiger partial charge in [0, 0.05) is 30.6 Å². The van der Waals surface area contributed by atoms with Crippen LogP contribution >= 0.6 is 28.3 Å². The van der Waals surface area contributed by atoms with Crippen molar-refractivity contribution in [2.45, 2.75) is 33.2 Å². The summed E-state index contributed by atoms with van der Waals surface area (Å²) < 4.78 is 14.7. The summed E-state index contributed by atoms with van der Waals surface area (Å²) in [7, 11) is 0. The van der Waals surface area contributed by atoms with Gasteiger partial charge in [-0.2, -0.15) is 0 Å². The Kier molecular flexibility index (Phi) is 7.52. The Hall–Kier alpha value is -2.00. The fraction of sp³-hybridized carbons (Fsp3) is 0.294. The topological polar surface area (TPSA) is 72.7 Å². The number of nitrogens with zero attached hydrogens (tertiary/aromatic N) is 4. The monoisotopic (exact) mass is 439 g/mol. The van der Waals surface area contributed by atoms with Gasteiger partial charge in [-0.15, -0.1) is 3.89 Å². The van der Waals surface area contributed by atoms with E-state index in [4.69, 9.17) is 0 Å². The zero-order chi connectivity index (χ0) is 19.1. The quantitative estimate of drug-likeness (QED) is 0.639. The summed E-state index contributed by atoms with van der Waals surface area (Å²) in [5.74, 6) is -0.330. The lowest BCUT2D eigenvalue weighted by Crippen LogP contribution is -2.34. The van der Waals surface area contributed by atoms with Gasteiger partial charge in [-0.3, -0.25) is 9.78 Å². The fourth-order valence-electron chi connectivity index (χ4n) is 2.35. The molecule has 138 valence electrons. The maximum Gasteiger partial charge on any atom is 0.255 e. The Morgan fingerprint density at radius 3 is 2.81 bits per heavy atom. The Labute approximate surface area is 164 Å². The number of hydrogen-bond donors (Lipinski definition) is 1. The summed E-state index contributed by atoms with van der Waals surface area (Å²) in [4.78, 5) is 25.1. The molecule has 6 nitrogen and oxygen atoms in total. The first kappa shape index (κ1) is 20.3. The molecule has 0 aliphatic carbocycles. The van der Waals surface area contributed by atoms with Crippen LogP contribution in [0.3, 0.4) is 0 Å². The number of fused-ring (bicyclic) bond motifs is 1. The fourth-order valence-corrected chi connectivity index (χ4v) is 2.97. The average molecular weight is 440 g/mol. The first-order chi connectivity index (χ1) is 12.6. The first-order valence-corrected chi connectivity index (χ1v) is 9.58. The van der Waals surface area contributed by atoms with Crippen LogP contribution in [0, 0.1) is 0 Å². The molecule has 0 saturated heterocycles. The van der Waals surface area contributed by atoms with Gasteiger partial charge in [-0.25, -0.2) is 13.9 Å². The molecule has 3 aromatic heterocycles. The van der Waals surface area contributed by atoms with Gasteiger partial charge in [0.05, 0.1) is 11.8 Å². The van der Waals surface area contributed by atoms with Crippen molar-refractivity contribution in [2.24, 2.45) is 0 Å². The van der Waals surface area contributed by atoms with E-state index in [1.165, 1.54) is 16.4 Å². The second kappa shape index (κ2) is 9.63. The molecule has 3 rings (SSSR count). The minimum absolute atomic E-state index is 0.0272. The molecule has 0 bridgehead atoms. The molecule has 26 heavy (non-hydrogen) atoms. The van der Waals surface area contributed by atoms with E-state index >= 15 is 0 Å². The largest absolute Gasteiger partial charge is 0.349 e. The predicted molar refractivity (Wildman–Crippen MR) is 106 cm³/mol. The molecule has 0 spiro atoms. The standard InChI is InChI=1S/C15H13BrFN5OS.C2H6/c1-9(6-10-4-2-3-5-18-10)20-15(23)11-8-22(24-17)14-13(11)21-12(16)7-19-14;1-2/h2-5,7-9H,6H2,1H3,(H,20,23);1-2H3. The number of pyridine rings is 1. The van der Waals surface area contributed by atoms with Crippen LogP contribution in [-0.4, -0.2) is 30.9 Å². The lowest BCUT2D eigenvalue weighted by Gasteiger charge is -2.12. The van der Waals surface area contributed by atoms with Crippen molar-refractivity contribution in [1.29, 1.82) is 0 Å². The van der Waals surface area contributed by atoms with Crippen LogP contribution < -0.4 is 5.32 Å². The van der Waals surface area contributed by atoms with E-state index < -0.39 is 0 Å². The number of amides is 1. The summed E-state index contributed by atoms with van der Waals surface area (Å²) in [5, 5.41) is 2.89. The number of carbonyl (C=O) groups is 1. The van der Waals surface area contributed by atoms with E-state index in [0.717, 1.165) is 5.69 Å². The molecular weight excluding hydrogens is 421 g/mol. The van der Waals surface area contributed by atoms with Gasteiger partial charge in [0.2, 0.25) is 0 Å². The Balaban J connectivity index is 0.00000117. The molecule has 0 aromatic carbocycles. The molecule has 0 aliphatic rings. The van der Waals surface area contributed by atoms with Crippen molar-refractivity contribution in [3.05, 3.63) is 52.7 Å². The summed E-state index contributed by atoms with van der Waals surface area (Å²) in [6.45, 7) is 5.89. The SMILES string of the molecule is CC.CC(Cc1ccccn1)NC(=O)c1cn(SF)c2ncc(Br)nc12. The maximum atomic E-state index is 13.0. The summed E-state index contributed by atoms with van der Waals surface area (Å²) in [5.41, 5.74) is 1.80. The summed E-state index contributed by atoms with van der Waals surface area (Å²) in [6, 6.07) is 5.50. The molecule has 0 saturated carbocycles. The maximum absolute atomic E-state index is 13.0. The predicted octanol–water partition coefficient (Wildman–Crippen LogP) is 4.36. The highest BCUT2D eigenvalue weighted by Gasteiger charge is 2.20. The second-order valence-electron chi connectivity index (χ2n) is 5.20. The van der Waals surface area contributed by atoms with Gasteiger partial charge in [-0.05, 0) is 35.0 Å². The number of halogens is 2. The molecule has 1 unspecified atom stereocenters. The van der Waals surface area contributed by atoms with Crippen LogP contribution in [0.25, 0.3) is 11.2 Å². The smallest absolute Gasteiger partial charge is 0.255 e. The first-order valence-electron chi connectivity index (χ1n) is 8.12. The molecule has 3 heterocycles. The van der Waals surface area contributed by atoms with Crippen molar-refractivity contribution in [2.75, 3.05) is 0 Å². The van der Waals surface area contributed by atoms with E-state index in [1.807, 2.05) is 39.0 Å². The van der Waals surface area contributed by atoms with E-state index in [0.29, 0.717) is 22.2 Å². The van der Waals surface area contributed by atoms with Gasteiger partial charge in [0.1, 0.15) is 10.1 Å². The molecule has 0 fully saturated rings. The van der Waals surface area contributed by atoms with Crippen LogP contribution in [0.4, 0.5) is 3.89 Å². The molecule has 1 amide bonds. The Morgan fingerprint density at radius 2 is 2.15 bits per heavy atom. The van der Waals surface area contributed by atoms with Crippen molar-refractivity contribution < 1.29 is 8.68 Å². The van der Waals surface area contributed by atoms with Crippen molar-refractivity contribution in [1.82, 2.24) is 24.2 Å². The molecule has 1 atom stereocenters. The number of nitrogens with one attached hydrogen (secondary N) is 1. The van der Waals surface area contributed by atoms with E-state index in [-0.39, 0.29) is 29.8 Å². The molecular formula is C17H19BrFN5OS. The zero-order valence-electron chi connectivity index (χ0n) is 14.6. The van der Waals surface area contributed by atoms with Gasteiger partial charge in [0.25, 0.3) is 5.91 Å². The zero-order valence-corrected chi connectivity index (χ0v) is 17.0. The van der Waals surface area contributed by atoms with Crippen LogP contribution in [0.2, 0.25) is 0 Å². The van der Waals surface area contributed by atoms with E-state index in [9.17, 15) is 8.68 Å². The minimum Gasteiger partial charge on any atom is -0.349 e. The van der Waals surface area contributed by atoms with Crippen molar-refractivity contribution in [3.8, 4) is 0 Å². The van der Waals surface area contributed by atoms with Gasteiger partial charge < -0.3 is 5.32 Å². The Bertz CT molecular complexity index is 874. The third-order valence-corrected chi connectivity index (χ3v) is 4.18. The number of hydrogen-bond acceptors (Lipinski definition) is 5. The molecule has 1 N–H and O–H groups in total. The Morgan fingerprint density at radius 1 is 1.38 bits per heavy atom. The van der Waals surface area contributed by atoms with Gasteiger partial charge in [-0.1, -0.05) is 19.9 Å². The van der Waals surface area contributed by atoms with Gasteiger partial charge >= 0.3 is 0 Å². The lowest BCUT2D eigenvalue weighted by molar-refractivity contribution is 0.0941. The summed E-state index contributed by atoms with van der Waals surface area (Å²) >= 11 is 3.19. The molecule has 0 radical (unpaired) electrons.